The zero-order chi connectivity index (χ0) is 14.8. The van der Waals surface area contributed by atoms with Crippen molar-refractivity contribution in [1.29, 1.82) is 0 Å². The van der Waals surface area contributed by atoms with Gasteiger partial charge >= 0.3 is 0 Å². The Morgan fingerprint density at radius 2 is 1.90 bits per heavy atom. The van der Waals surface area contributed by atoms with E-state index in [4.69, 9.17) is 11.6 Å². The minimum atomic E-state index is 0.0157. The summed E-state index contributed by atoms with van der Waals surface area (Å²) in [6.07, 6.45) is 2.59. The predicted octanol–water partition coefficient (Wildman–Crippen LogP) is 3.31. The quantitative estimate of drug-likeness (QED) is 0.880. The number of nitrogens with zero attached hydrogens (tertiary/aromatic N) is 3. The van der Waals surface area contributed by atoms with E-state index in [2.05, 4.69) is 46.5 Å². The fourth-order valence-electron chi connectivity index (χ4n) is 2.85. The first kappa shape index (κ1) is 14.3. The molecule has 0 saturated carbocycles. The molecule has 0 bridgehead atoms. The summed E-state index contributed by atoms with van der Waals surface area (Å²) in [7, 11) is 0. The monoisotopic (exact) mass is 302 g/mol. The van der Waals surface area contributed by atoms with Gasteiger partial charge in [0, 0.05) is 0 Å². The number of aromatic nitrogens is 3. The van der Waals surface area contributed by atoms with Gasteiger partial charge in [0.15, 0.2) is 0 Å². The molecular formula is C16H19ClN4. The van der Waals surface area contributed by atoms with Crippen molar-refractivity contribution in [3.63, 3.8) is 0 Å². The summed E-state index contributed by atoms with van der Waals surface area (Å²) in [5.74, 6) is 0.566. The molecule has 2 aromatic rings. The Bertz CT molecular complexity index is 644. The number of nitrogens with one attached hydrogen (secondary N) is 1. The second kappa shape index (κ2) is 5.98. The van der Waals surface area contributed by atoms with Crippen molar-refractivity contribution in [3.05, 3.63) is 46.8 Å². The standard InChI is InChI=1S/C16H19ClN4/c1-3-13-14(4-2)20-21-16(18-13)19-15-11-8-6-5-7-10(11)9-12(15)17/h5-8,12,15H,3-4,9H2,1-2H3,(H,18,19,21). The third-order valence-corrected chi connectivity index (χ3v) is 4.37. The zero-order valence-electron chi connectivity index (χ0n) is 12.3. The first-order chi connectivity index (χ1) is 10.2. The summed E-state index contributed by atoms with van der Waals surface area (Å²) in [5, 5.41) is 11.8. The van der Waals surface area contributed by atoms with E-state index in [-0.39, 0.29) is 11.4 Å². The van der Waals surface area contributed by atoms with Gasteiger partial charge in [-0.15, -0.1) is 16.7 Å². The lowest BCUT2D eigenvalue weighted by Gasteiger charge is -2.17. The molecule has 21 heavy (non-hydrogen) atoms. The third-order valence-electron chi connectivity index (χ3n) is 3.96. The molecule has 0 fully saturated rings. The van der Waals surface area contributed by atoms with Gasteiger partial charge in [0.2, 0.25) is 5.95 Å². The molecule has 1 aromatic heterocycles. The van der Waals surface area contributed by atoms with E-state index in [9.17, 15) is 0 Å². The van der Waals surface area contributed by atoms with Crippen LogP contribution in [0.25, 0.3) is 0 Å². The fraction of sp³-hybridized carbons (Fsp3) is 0.438. The van der Waals surface area contributed by atoms with E-state index >= 15 is 0 Å². The van der Waals surface area contributed by atoms with E-state index in [0.29, 0.717) is 5.95 Å². The van der Waals surface area contributed by atoms with Crippen LogP contribution < -0.4 is 5.32 Å². The first-order valence-corrected chi connectivity index (χ1v) is 7.87. The number of hydrogen-bond donors (Lipinski definition) is 1. The molecule has 1 heterocycles. The summed E-state index contributed by atoms with van der Waals surface area (Å²) in [5.41, 5.74) is 4.51. The smallest absolute Gasteiger partial charge is 0.243 e. The van der Waals surface area contributed by atoms with Gasteiger partial charge in [0.25, 0.3) is 0 Å². The maximum absolute atomic E-state index is 6.49. The Kier molecular flexibility index (Phi) is 4.06. The lowest BCUT2D eigenvalue weighted by atomic mass is 10.1. The maximum Gasteiger partial charge on any atom is 0.243 e. The summed E-state index contributed by atoms with van der Waals surface area (Å²) in [4.78, 5) is 4.59. The summed E-state index contributed by atoms with van der Waals surface area (Å²) < 4.78 is 0. The van der Waals surface area contributed by atoms with Crippen LogP contribution in [0, 0.1) is 0 Å². The average molecular weight is 303 g/mol. The number of halogens is 1. The molecule has 2 unspecified atom stereocenters. The van der Waals surface area contributed by atoms with Gasteiger partial charge in [-0.2, -0.15) is 5.10 Å². The van der Waals surface area contributed by atoms with Gasteiger partial charge in [0.1, 0.15) is 0 Å². The highest BCUT2D eigenvalue weighted by Crippen LogP contribution is 2.36. The highest BCUT2D eigenvalue weighted by Gasteiger charge is 2.31. The van der Waals surface area contributed by atoms with E-state index in [1.807, 2.05) is 12.1 Å². The SMILES string of the molecule is CCc1nnc(NC2c3ccccc3CC2Cl)nc1CC. The Morgan fingerprint density at radius 1 is 1.14 bits per heavy atom. The largest absolute Gasteiger partial charge is 0.345 e. The van der Waals surface area contributed by atoms with Gasteiger partial charge in [-0.3, -0.25) is 0 Å². The maximum atomic E-state index is 6.49. The molecular weight excluding hydrogens is 284 g/mol. The molecule has 0 aliphatic heterocycles. The minimum absolute atomic E-state index is 0.0157. The highest BCUT2D eigenvalue weighted by molar-refractivity contribution is 6.21. The molecule has 110 valence electrons. The van der Waals surface area contributed by atoms with Crippen LogP contribution in [-0.4, -0.2) is 20.6 Å². The second-order valence-corrected chi connectivity index (χ2v) is 5.84. The van der Waals surface area contributed by atoms with Crippen LogP contribution in [0.3, 0.4) is 0 Å². The average Bonchev–Trinajstić information content (AvgIpc) is 2.83. The van der Waals surface area contributed by atoms with Crippen LogP contribution in [0.15, 0.2) is 24.3 Å². The fourth-order valence-corrected chi connectivity index (χ4v) is 3.22. The van der Waals surface area contributed by atoms with E-state index in [1.165, 1.54) is 11.1 Å². The summed E-state index contributed by atoms with van der Waals surface area (Å²) >= 11 is 6.49. The molecule has 1 aliphatic rings. The van der Waals surface area contributed by atoms with Crippen molar-refractivity contribution in [2.75, 3.05) is 5.32 Å². The minimum Gasteiger partial charge on any atom is -0.345 e. The van der Waals surface area contributed by atoms with Crippen LogP contribution in [0.2, 0.25) is 0 Å². The lowest BCUT2D eigenvalue weighted by Crippen LogP contribution is -2.19. The van der Waals surface area contributed by atoms with Crippen molar-refractivity contribution in [2.24, 2.45) is 0 Å². The summed E-state index contributed by atoms with van der Waals surface area (Å²) in [6.45, 7) is 4.15. The first-order valence-electron chi connectivity index (χ1n) is 7.43. The molecule has 3 rings (SSSR count). The molecule has 0 spiro atoms. The molecule has 4 nitrogen and oxygen atoms in total. The Hall–Kier alpha value is -1.68. The molecule has 1 aliphatic carbocycles. The number of hydrogen-bond acceptors (Lipinski definition) is 4. The van der Waals surface area contributed by atoms with Gasteiger partial charge in [-0.25, -0.2) is 4.98 Å². The molecule has 0 amide bonds. The number of benzene rings is 1. The highest BCUT2D eigenvalue weighted by atomic mass is 35.5. The normalized spacial score (nSPS) is 20.3. The van der Waals surface area contributed by atoms with Crippen molar-refractivity contribution < 1.29 is 0 Å². The number of aryl methyl sites for hydroxylation is 2. The molecule has 5 heteroatoms. The molecule has 1 N–H and O–H groups in total. The predicted molar refractivity (Wildman–Crippen MR) is 84.7 cm³/mol. The topological polar surface area (TPSA) is 50.7 Å². The van der Waals surface area contributed by atoms with Crippen molar-refractivity contribution in [3.8, 4) is 0 Å². The Morgan fingerprint density at radius 3 is 2.67 bits per heavy atom. The van der Waals surface area contributed by atoms with Crippen LogP contribution >= 0.6 is 11.6 Å². The molecule has 1 aromatic carbocycles. The van der Waals surface area contributed by atoms with Crippen LogP contribution in [0.5, 0.6) is 0 Å². The lowest BCUT2D eigenvalue weighted by molar-refractivity contribution is 0.740. The van der Waals surface area contributed by atoms with Crippen LogP contribution in [0.1, 0.15) is 42.4 Å². The van der Waals surface area contributed by atoms with E-state index in [0.717, 1.165) is 30.7 Å². The second-order valence-electron chi connectivity index (χ2n) is 5.28. The van der Waals surface area contributed by atoms with Gasteiger partial charge in [0.05, 0.1) is 22.8 Å². The Labute approximate surface area is 130 Å². The van der Waals surface area contributed by atoms with Crippen LogP contribution in [0.4, 0.5) is 5.95 Å². The number of anilines is 1. The Balaban J connectivity index is 1.87. The number of alkyl halides is 1. The van der Waals surface area contributed by atoms with Crippen LogP contribution in [-0.2, 0) is 19.3 Å². The number of rotatable bonds is 4. The molecule has 2 atom stereocenters. The number of fused-ring (bicyclic) bond motifs is 1. The third kappa shape index (κ3) is 2.72. The van der Waals surface area contributed by atoms with E-state index < -0.39 is 0 Å². The summed E-state index contributed by atoms with van der Waals surface area (Å²) in [6, 6.07) is 8.38. The van der Waals surface area contributed by atoms with Gasteiger partial charge in [-0.1, -0.05) is 38.1 Å². The van der Waals surface area contributed by atoms with Crippen molar-refractivity contribution >= 4 is 17.5 Å². The zero-order valence-corrected chi connectivity index (χ0v) is 13.1. The van der Waals surface area contributed by atoms with Crippen molar-refractivity contribution in [1.82, 2.24) is 15.2 Å². The van der Waals surface area contributed by atoms with E-state index in [1.54, 1.807) is 0 Å². The molecule has 0 radical (unpaired) electrons. The van der Waals surface area contributed by atoms with Gasteiger partial charge < -0.3 is 5.32 Å². The van der Waals surface area contributed by atoms with Crippen molar-refractivity contribution in [2.45, 2.75) is 44.5 Å². The van der Waals surface area contributed by atoms with Gasteiger partial charge in [-0.05, 0) is 30.4 Å². The molecule has 0 saturated heterocycles.